The van der Waals surface area contributed by atoms with Gasteiger partial charge in [-0.1, -0.05) is 70.4 Å². The van der Waals surface area contributed by atoms with Crippen LogP contribution < -0.4 is 21.9 Å². The summed E-state index contributed by atoms with van der Waals surface area (Å²) in [6.07, 6.45) is 22.0. The number of unbranched alkanes of at least 4 members (excludes halogenated alkanes) is 11. The molecule has 0 radical (unpaired) electrons. The normalized spacial score (nSPS) is 11.3. The van der Waals surface area contributed by atoms with Crippen molar-refractivity contribution in [3.05, 3.63) is 12.2 Å². The van der Waals surface area contributed by atoms with E-state index in [1.54, 1.807) is 0 Å². The van der Waals surface area contributed by atoms with Crippen molar-refractivity contribution < 1.29 is 4.79 Å². The van der Waals surface area contributed by atoms with Crippen LogP contribution in [0.3, 0.4) is 0 Å². The highest BCUT2D eigenvalue weighted by atomic mass is 16.2. The molecule has 5 nitrogen and oxygen atoms in total. The third kappa shape index (κ3) is 23.1. The van der Waals surface area contributed by atoms with Crippen LogP contribution in [0, 0.1) is 0 Å². The highest BCUT2D eigenvalue weighted by Gasteiger charge is 1.99. The van der Waals surface area contributed by atoms with Gasteiger partial charge in [-0.3, -0.25) is 10.2 Å². The van der Waals surface area contributed by atoms with Gasteiger partial charge in [-0.2, -0.15) is 0 Å². The smallest absolute Gasteiger partial charge is 0.234 e. The summed E-state index contributed by atoms with van der Waals surface area (Å²) in [4.78, 5) is 11.6. The van der Waals surface area contributed by atoms with Crippen molar-refractivity contribution in [3.8, 4) is 0 Å². The van der Waals surface area contributed by atoms with Crippen molar-refractivity contribution in [1.82, 2.24) is 16.2 Å². The van der Waals surface area contributed by atoms with Crippen LogP contribution in [0.4, 0.5) is 0 Å². The first-order chi connectivity index (χ1) is 13.3. The first-order valence-electron chi connectivity index (χ1n) is 11.4. The Morgan fingerprint density at radius 3 is 2.00 bits per heavy atom. The van der Waals surface area contributed by atoms with Crippen LogP contribution in [-0.2, 0) is 4.79 Å². The van der Waals surface area contributed by atoms with Gasteiger partial charge in [0.2, 0.25) is 5.91 Å². The van der Waals surface area contributed by atoms with E-state index in [0.29, 0.717) is 13.0 Å². The van der Waals surface area contributed by atoms with Gasteiger partial charge in [-0.15, -0.1) is 0 Å². The molecule has 0 aliphatic rings. The summed E-state index contributed by atoms with van der Waals surface area (Å²) in [5.74, 6) is 0.0893. The molecular weight excluding hydrogens is 336 g/mol. The summed E-state index contributed by atoms with van der Waals surface area (Å²) >= 11 is 0. The fourth-order valence-corrected chi connectivity index (χ4v) is 2.96. The van der Waals surface area contributed by atoms with E-state index in [1.807, 2.05) is 0 Å². The van der Waals surface area contributed by atoms with Crippen LogP contribution >= 0.6 is 0 Å². The third-order valence-electron chi connectivity index (χ3n) is 4.64. The Morgan fingerprint density at radius 1 is 0.778 bits per heavy atom. The molecule has 160 valence electrons. The maximum atomic E-state index is 11.6. The average Bonchev–Trinajstić information content (AvgIpc) is 2.67. The zero-order valence-electron chi connectivity index (χ0n) is 17.9. The fraction of sp³-hybridized carbons (Fsp3) is 0.864. The van der Waals surface area contributed by atoms with Gasteiger partial charge in [-0.25, -0.2) is 5.43 Å². The van der Waals surface area contributed by atoms with E-state index in [-0.39, 0.29) is 5.91 Å². The van der Waals surface area contributed by atoms with Crippen molar-refractivity contribution in [3.63, 3.8) is 0 Å². The van der Waals surface area contributed by atoms with Gasteiger partial charge in [-0.05, 0) is 32.1 Å². The number of amides is 1. The fourth-order valence-electron chi connectivity index (χ4n) is 2.96. The van der Waals surface area contributed by atoms with E-state index in [4.69, 9.17) is 5.73 Å². The molecule has 0 unspecified atom stereocenters. The number of nitrogens with two attached hydrogens (primary N) is 1. The zero-order valence-corrected chi connectivity index (χ0v) is 17.9. The van der Waals surface area contributed by atoms with E-state index in [0.717, 1.165) is 32.5 Å². The van der Waals surface area contributed by atoms with E-state index in [1.165, 1.54) is 70.6 Å². The molecule has 0 aromatic heterocycles. The molecule has 5 N–H and O–H groups in total. The number of rotatable bonds is 21. The van der Waals surface area contributed by atoms with Crippen molar-refractivity contribution in [2.75, 3.05) is 26.2 Å². The molecule has 0 rings (SSSR count). The lowest BCUT2D eigenvalue weighted by Crippen LogP contribution is -2.41. The minimum Gasteiger partial charge on any atom is -0.329 e. The molecule has 1 amide bonds. The Labute approximate surface area is 168 Å². The highest BCUT2D eigenvalue weighted by molar-refractivity contribution is 5.75. The van der Waals surface area contributed by atoms with Crippen LogP contribution in [-0.4, -0.2) is 32.1 Å². The lowest BCUT2D eigenvalue weighted by Gasteiger charge is -2.07. The summed E-state index contributed by atoms with van der Waals surface area (Å²) in [7, 11) is 0. The SMILES string of the molecule is CCCCCCCC/C=C\CCCCCCCC(=O)NNCCNCCN. The van der Waals surface area contributed by atoms with Gasteiger partial charge < -0.3 is 11.1 Å². The van der Waals surface area contributed by atoms with Crippen LogP contribution in [0.5, 0.6) is 0 Å². The van der Waals surface area contributed by atoms with Gasteiger partial charge >= 0.3 is 0 Å². The lowest BCUT2D eigenvalue weighted by atomic mass is 10.1. The Kier molecular flexibility index (Phi) is 22.4. The molecular formula is C22H46N4O. The van der Waals surface area contributed by atoms with E-state index in [9.17, 15) is 4.79 Å². The van der Waals surface area contributed by atoms with Crippen molar-refractivity contribution in [2.24, 2.45) is 5.73 Å². The lowest BCUT2D eigenvalue weighted by molar-refractivity contribution is -0.122. The molecule has 0 saturated carbocycles. The predicted octanol–water partition coefficient (Wildman–Crippen LogP) is 4.19. The predicted molar refractivity (Wildman–Crippen MR) is 118 cm³/mol. The second kappa shape index (κ2) is 23.1. The van der Waals surface area contributed by atoms with Gasteiger partial charge in [0.1, 0.15) is 0 Å². The molecule has 5 heteroatoms. The molecule has 0 aromatic rings. The Morgan fingerprint density at radius 2 is 1.37 bits per heavy atom. The summed E-state index contributed by atoms with van der Waals surface area (Å²) in [6.45, 7) is 5.25. The summed E-state index contributed by atoms with van der Waals surface area (Å²) in [5, 5.41) is 3.17. The van der Waals surface area contributed by atoms with Crippen molar-refractivity contribution in [2.45, 2.75) is 96.8 Å². The van der Waals surface area contributed by atoms with Crippen LogP contribution in [0.2, 0.25) is 0 Å². The average molecular weight is 383 g/mol. The summed E-state index contributed by atoms with van der Waals surface area (Å²) < 4.78 is 0. The number of hydrogen-bond donors (Lipinski definition) is 4. The molecule has 0 aliphatic carbocycles. The van der Waals surface area contributed by atoms with Gasteiger partial charge in [0.25, 0.3) is 0 Å². The Bertz CT molecular complexity index is 334. The monoisotopic (exact) mass is 382 g/mol. The van der Waals surface area contributed by atoms with Gasteiger partial charge in [0.15, 0.2) is 0 Å². The second-order valence-corrected chi connectivity index (χ2v) is 7.35. The van der Waals surface area contributed by atoms with Crippen molar-refractivity contribution >= 4 is 5.91 Å². The van der Waals surface area contributed by atoms with E-state index < -0.39 is 0 Å². The summed E-state index contributed by atoms with van der Waals surface area (Å²) in [5.41, 5.74) is 11.1. The number of nitrogens with one attached hydrogen (secondary N) is 3. The maximum Gasteiger partial charge on any atom is 0.234 e. The third-order valence-corrected chi connectivity index (χ3v) is 4.64. The van der Waals surface area contributed by atoms with Crippen molar-refractivity contribution in [1.29, 1.82) is 0 Å². The second-order valence-electron chi connectivity index (χ2n) is 7.35. The molecule has 0 aromatic carbocycles. The van der Waals surface area contributed by atoms with Crippen LogP contribution in [0.25, 0.3) is 0 Å². The quantitative estimate of drug-likeness (QED) is 0.136. The Balaban J connectivity index is 3.19. The summed E-state index contributed by atoms with van der Waals surface area (Å²) in [6, 6.07) is 0. The number of carbonyl (C=O) groups is 1. The van der Waals surface area contributed by atoms with E-state index in [2.05, 4.69) is 35.2 Å². The number of allylic oxidation sites excluding steroid dienone is 2. The first-order valence-corrected chi connectivity index (χ1v) is 11.4. The molecule has 0 bridgehead atoms. The molecule has 0 fully saturated rings. The Hall–Kier alpha value is -0.910. The largest absolute Gasteiger partial charge is 0.329 e. The standard InChI is InChI=1S/C22H46N4O/c1-2-3-4-5-6-7-8-9-10-11-12-13-14-15-16-17-22(27)26-25-21-20-24-19-18-23/h9-10,24-25H,2-8,11-21,23H2,1H3,(H,26,27)/b10-9-. The van der Waals surface area contributed by atoms with Gasteiger partial charge in [0, 0.05) is 32.6 Å². The van der Waals surface area contributed by atoms with E-state index >= 15 is 0 Å². The highest BCUT2D eigenvalue weighted by Crippen LogP contribution is 2.09. The van der Waals surface area contributed by atoms with Crippen LogP contribution in [0.15, 0.2) is 12.2 Å². The zero-order chi connectivity index (χ0) is 19.8. The molecule has 0 atom stereocenters. The first kappa shape index (κ1) is 26.1. The molecule has 0 heterocycles. The van der Waals surface area contributed by atoms with Gasteiger partial charge in [0.05, 0.1) is 0 Å². The minimum absolute atomic E-state index is 0.0893. The van der Waals surface area contributed by atoms with Crippen LogP contribution in [0.1, 0.15) is 96.8 Å². The number of hydrazine groups is 1. The molecule has 27 heavy (non-hydrogen) atoms. The molecule has 0 spiro atoms. The minimum atomic E-state index is 0.0893. The molecule has 0 aliphatic heterocycles. The number of carbonyl (C=O) groups excluding carboxylic acids is 1. The maximum absolute atomic E-state index is 11.6. The topological polar surface area (TPSA) is 79.2 Å². The molecule has 0 saturated heterocycles. The number of hydrogen-bond acceptors (Lipinski definition) is 4.